The zero-order chi connectivity index (χ0) is 16.6. The predicted molar refractivity (Wildman–Crippen MR) is 101 cm³/mol. The lowest BCUT2D eigenvalue weighted by atomic mass is 9.88. The molecule has 1 aromatic heterocycles. The Bertz CT molecular complexity index is 1020. The molecule has 5 rings (SSSR count). The fourth-order valence-corrected chi connectivity index (χ4v) is 3.88. The number of H-pyrrole nitrogens is 1. The van der Waals surface area contributed by atoms with Crippen LogP contribution in [0.3, 0.4) is 0 Å². The highest BCUT2D eigenvalue weighted by atomic mass is 16.5. The van der Waals surface area contributed by atoms with Gasteiger partial charge in [0.25, 0.3) is 0 Å². The minimum Gasteiger partial charge on any atom is -0.361 e. The number of nitrogens with one attached hydrogen (secondary N) is 1. The first kappa shape index (κ1) is 14.5. The fraction of sp³-hybridized carbons (Fsp3) is 0.130. The molecule has 4 aromatic rings. The highest BCUT2D eigenvalue weighted by molar-refractivity contribution is 5.84. The Kier molecular flexibility index (Phi) is 3.43. The molecule has 2 heterocycles. The zero-order valence-corrected chi connectivity index (χ0v) is 13.9. The van der Waals surface area contributed by atoms with E-state index in [2.05, 4.69) is 90.0 Å². The summed E-state index contributed by atoms with van der Waals surface area (Å²) in [4.78, 5) is 3.39. The summed E-state index contributed by atoms with van der Waals surface area (Å²) in [7, 11) is 0. The normalized spacial score (nSPS) is 19.7. The number of hydrogen-bond acceptors (Lipinski definition) is 1. The van der Waals surface area contributed by atoms with Gasteiger partial charge < -0.3 is 9.72 Å². The van der Waals surface area contributed by atoms with Gasteiger partial charge in [0.15, 0.2) is 0 Å². The number of ether oxygens (including phenoxy) is 1. The molecular formula is C23H19NO. The highest BCUT2D eigenvalue weighted by Gasteiger charge is 2.30. The summed E-state index contributed by atoms with van der Waals surface area (Å²) in [6.07, 6.45) is 3.04. The molecule has 3 aromatic carbocycles. The highest BCUT2D eigenvalue weighted by Crippen LogP contribution is 2.42. The molecule has 1 aliphatic heterocycles. The molecule has 2 heteroatoms. The van der Waals surface area contributed by atoms with Crippen LogP contribution in [0.2, 0.25) is 0 Å². The van der Waals surface area contributed by atoms with Crippen molar-refractivity contribution in [3.8, 4) is 0 Å². The van der Waals surface area contributed by atoms with Gasteiger partial charge in [0, 0.05) is 29.1 Å². The molecule has 2 unspecified atom stereocenters. The summed E-state index contributed by atoms with van der Waals surface area (Å²) in [6.45, 7) is 0. The second-order valence-electron chi connectivity index (χ2n) is 6.61. The number of aromatic amines is 1. The molecule has 2 nitrogen and oxygen atoms in total. The molecule has 122 valence electrons. The minimum atomic E-state index is -0.0497. The summed E-state index contributed by atoms with van der Waals surface area (Å²) in [6, 6.07) is 27.6. The first-order valence-electron chi connectivity index (χ1n) is 8.74. The van der Waals surface area contributed by atoms with E-state index in [1.165, 1.54) is 27.6 Å². The van der Waals surface area contributed by atoms with Crippen molar-refractivity contribution >= 4 is 10.9 Å². The van der Waals surface area contributed by atoms with Gasteiger partial charge in [0.05, 0.1) is 6.10 Å². The maximum absolute atomic E-state index is 6.63. The molecule has 1 aliphatic rings. The third kappa shape index (κ3) is 2.46. The number of rotatable bonds is 2. The summed E-state index contributed by atoms with van der Waals surface area (Å²) in [5.41, 5.74) is 6.25. The Morgan fingerprint density at radius 2 is 1.52 bits per heavy atom. The number of hydrogen-bond donors (Lipinski definition) is 1. The SMILES string of the molecule is c1ccc(C2Cc3ccccc3C(c3c[nH]c4ccccc34)O2)cc1. The van der Waals surface area contributed by atoms with Crippen LogP contribution in [0.25, 0.3) is 10.9 Å². The van der Waals surface area contributed by atoms with E-state index >= 15 is 0 Å². The predicted octanol–water partition coefficient (Wildman–Crippen LogP) is 5.57. The summed E-state index contributed by atoms with van der Waals surface area (Å²) < 4.78 is 6.63. The quantitative estimate of drug-likeness (QED) is 0.512. The van der Waals surface area contributed by atoms with Crippen molar-refractivity contribution in [1.29, 1.82) is 0 Å². The minimum absolute atomic E-state index is 0.0497. The average Bonchev–Trinajstić information content (AvgIpc) is 3.12. The first-order chi connectivity index (χ1) is 12.4. The Hall–Kier alpha value is -2.84. The number of fused-ring (bicyclic) bond motifs is 2. The van der Waals surface area contributed by atoms with Crippen molar-refractivity contribution in [2.75, 3.05) is 0 Å². The standard InChI is InChI=1S/C23H19NO/c1-2-8-16(9-3-1)22-14-17-10-4-5-11-18(17)23(25-22)20-15-24-21-13-7-6-12-19(20)21/h1-13,15,22-24H,14H2. The van der Waals surface area contributed by atoms with E-state index in [0.717, 1.165) is 11.9 Å². The van der Waals surface area contributed by atoms with Crippen molar-refractivity contribution in [2.24, 2.45) is 0 Å². The van der Waals surface area contributed by atoms with Crippen LogP contribution in [-0.2, 0) is 11.2 Å². The lowest BCUT2D eigenvalue weighted by Crippen LogP contribution is -2.21. The molecule has 25 heavy (non-hydrogen) atoms. The maximum atomic E-state index is 6.63. The monoisotopic (exact) mass is 325 g/mol. The molecule has 0 bridgehead atoms. The van der Waals surface area contributed by atoms with Crippen LogP contribution in [0.5, 0.6) is 0 Å². The lowest BCUT2D eigenvalue weighted by molar-refractivity contribution is -0.00475. The number of para-hydroxylation sites is 1. The van der Waals surface area contributed by atoms with E-state index in [4.69, 9.17) is 4.74 Å². The molecule has 0 aliphatic carbocycles. The zero-order valence-electron chi connectivity index (χ0n) is 13.9. The Morgan fingerprint density at radius 1 is 0.760 bits per heavy atom. The van der Waals surface area contributed by atoms with Crippen LogP contribution >= 0.6 is 0 Å². The van der Waals surface area contributed by atoms with Crippen molar-refractivity contribution in [1.82, 2.24) is 4.98 Å². The Labute approximate surface area is 147 Å². The van der Waals surface area contributed by atoms with E-state index in [1.54, 1.807) is 0 Å². The van der Waals surface area contributed by atoms with Gasteiger partial charge in [-0.2, -0.15) is 0 Å². The van der Waals surface area contributed by atoms with E-state index in [9.17, 15) is 0 Å². The van der Waals surface area contributed by atoms with E-state index in [0.29, 0.717) is 0 Å². The first-order valence-corrected chi connectivity index (χ1v) is 8.74. The molecule has 0 saturated carbocycles. The molecule has 2 atom stereocenters. The molecule has 0 radical (unpaired) electrons. The molecule has 0 spiro atoms. The maximum Gasteiger partial charge on any atom is 0.111 e. The van der Waals surface area contributed by atoms with Gasteiger partial charge >= 0.3 is 0 Å². The van der Waals surface area contributed by atoms with Crippen LogP contribution in [0.1, 0.15) is 34.5 Å². The largest absolute Gasteiger partial charge is 0.361 e. The van der Waals surface area contributed by atoms with Crippen LogP contribution < -0.4 is 0 Å². The fourth-order valence-electron chi connectivity index (χ4n) is 3.88. The summed E-state index contributed by atoms with van der Waals surface area (Å²) >= 11 is 0. The molecule has 0 fully saturated rings. The third-order valence-electron chi connectivity index (χ3n) is 5.12. The van der Waals surface area contributed by atoms with Crippen molar-refractivity contribution in [3.05, 3.63) is 107 Å². The van der Waals surface area contributed by atoms with Gasteiger partial charge in [-0.05, 0) is 22.8 Å². The van der Waals surface area contributed by atoms with Crippen LogP contribution in [0.15, 0.2) is 85.1 Å². The summed E-state index contributed by atoms with van der Waals surface area (Å²) in [5.74, 6) is 0. The van der Waals surface area contributed by atoms with E-state index < -0.39 is 0 Å². The van der Waals surface area contributed by atoms with E-state index in [-0.39, 0.29) is 12.2 Å². The van der Waals surface area contributed by atoms with Crippen molar-refractivity contribution in [3.63, 3.8) is 0 Å². The van der Waals surface area contributed by atoms with Gasteiger partial charge in [-0.3, -0.25) is 0 Å². The molecular weight excluding hydrogens is 306 g/mol. The van der Waals surface area contributed by atoms with Crippen molar-refractivity contribution < 1.29 is 4.74 Å². The van der Waals surface area contributed by atoms with Crippen LogP contribution in [0, 0.1) is 0 Å². The molecule has 0 saturated heterocycles. The van der Waals surface area contributed by atoms with Gasteiger partial charge in [-0.15, -0.1) is 0 Å². The number of benzene rings is 3. The molecule has 1 N–H and O–H groups in total. The Morgan fingerprint density at radius 3 is 2.44 bits per heavy atom. The van der Waals surface area contributed by atoms with Gasteiger partial charge in [0.1, 0.15) is 6.10 Å². The smallest absolute Gasteiger partial charge is 0.111 e. The Balaban J connectivity index is 1.64. The second-order valence-corrected chi connectivity index (χ2v) is 6.61. The van der Waals surface area contributed by atoms with Crippen LogP contribution in [-0.4, -0.2) is 4.98 Å². The molecule has 0 amide bonds. The average molecular weight is 325 g/mol. The van der Waals surface area contributed by atoms with Crippen molar-refractivity contribution in [2.45, 2.75) is 18.6 Å². The number of aromatic nitrogens is 1. The van der Waals surface area contributed by atoms with E-state index in [1.807, 2.05) is 0 Å². The van der Waals surface area contributed by atoms with Gasteiger partial charge in [-0.25, -0.2) is 0 Å². The summed E-state index contributed by atoms with van der Waals surface area (Å²) in [5, 5.41) is 1.23. The van der Waals surface area contributed by atoms with Gasteiger partial charge in [-0.1, -0.05) is 72.8 Å². The van der Waals surface area contributed by atoms with Gasteiger partial charge in [0.2, 0.25) is 0 Å². The van der Waals surface area contributed by atoms with Crippen LogP contribution in [0.4, 0.5) is 0 Å². The lowest BCUT2D eigenvalue weighted by Gasteiger charge is -2.32. The third-order valence-corrected chi connectivity index (χ3v) is 5.12. The second kappa shape index (κ2) is 5.91. The topological polar surface area (TPSA) is 25.0 Å².